The maximum atomic E-state index is 13.1. The number of ether oxygens (including phenoxy) is 4. The number of carbonyl (C=O) groups is 1. The molecular weight excluding hydrogens is 520 g/mol. The van der Waals surface area contributed by atoms with Crippen LogP contribution in [-0.4, -0.2) is 68.8 Å². The van der Waals surface area contributed by atoms with E-state index in [1.165, 1.54) is 18.2 Å². The predicted molar refractivity (Wildman–Crippen MR) is 130 cm³/mol. The Kier molecular flexibility index (Phi) is 5.98. The number of aromatic hydroxyl groups is 1. The molecule has 6 atom stereocenters. The molecule has 3 aromatic rings. The van der Waals surface area contributed by atoms with Gasteiger partial charge >= 0.3 is 5.97 Å². The second-order valence-electron chi connectivity index (χ2n) is 9.34. The van der Waals surface area contributed by atoms with E-state index in [-0.39, 0.29) is 28.9 Å². The number of halogens is 1. The van der Waals surface area contributed by atoms with Gasteiger partial charge in [0.2, 0.25) is 6.29 Å². The van der Waals surface area contributed by atoms with Crippen molar-refractivity contribution in [1.29, 1.82) is 0 Å². The summed E-state index contributed by atoms with van der Waals surface area (Å²) in [5.41, 5.74) is 1.31. The second kappa shape index (κ2) is 9.12. The molecule has 3 aromatic carbocycles. The van der Waals surface area contributed by atoms with Gasteiger partial charge in [-0.1, -0.05) is 12.1 Å². The van der Waals surface area contributed by atoms with Gasteiger partial charge in [0, 0.05) is 34.7 Å². The summed E-state index contributed by atoms with van der Waals surface area (Å²) in [5.74, 6) is 0.278. The summed E-state index contributed by atoms with van der Waals surface area (Å²) in [6.07, 6.45) is -7.28. The Morgan fingerprint density at radius 3 is 2.34 bits per heavy atom. The number of benzene rings is 3. The van der Waals surface area contributed by atoms with Crippen LogP contribution in [0.3, 0.4) is 0 Å². The quantitative estimate of drug-likeness (QED) is 0.244. The molecule has 1 saturated heterocycles. The van der Waals surface area contributed by atoms with Crippen LogP contribution in [-0.2, 0) is 21.0 Å². The minimum atomic E-state index is -1.61. The number of fused-ring (bicyclic) bond motifs is 6. The van der Waals surface area contributed by atoms with Crippen LogP contribution in [0.25, 0.3) is 0 Å². The van der Waals surface area contributed by atoms with Gasteiger partial charge in [0.1, 0.15) is 47.4 Å². The number of carbonyl (C=O) groups excluding carboxylic acids is 1. The van der Waals surface area contributed by atoms with Crippen molar-refractivity contribution < 1.29 is 49.3 Å². The molecule has 0 aliphatic carbocycles. The zero-order valence-electron chi connectivity index (χ0n) is 19.7. The molecule has 1 unspecified atom stereocenters. The van der Waals surface area contributed by atoms with Gasteiger partial charge in [-0.15, -0.1) is 11.6 Å². The first-order chi connectivity index (χ1) is 18.3. The van der Waals surface area contributed by atoms with Crippen molar-refractivity contribution in [3.8, 4) is 23.0 Å². The molecule has 3 heterocycles. The Bertz CT molecular complexity index is 1420. The fourth-order valence-corrected chi connectivity index (χ4v) is 5.37. The lowest BCUT2D eigenvalue weighted by atomic mass is 9.77. The summed E-state index contributed by atoms with van der Waals surface area (Å²) in [6.45, 7) is -0.600. The molecule has 38 heavy (non-hydrogen) atoms. The largest absolute Gasteiger partial charge is 0.508 e. The molecule has 11 heteroatoms. The van der Waals surface area contributed by atoms with Gasteiger partial charge in [0.15, 0.2) is 5.60 Å². The minimum absolute atomic E-state index is 0.0573. The monoisotopic (exact) mass is 542 g/mol. The lowest BCUT2D eigenvalue weighted by Crippen LogP contribution is -2.60. The van der Waals surface area contributed by atoms with E-state index in [2.05, 4.69) is 0 Å². The first-order valence-electron chi connectivity index (χ1n) is 11.8. The Balaban J connectivity index is 1.44. The van der Waals surface area contributed by atoms with Crippen molar-refractivity contribution >= 4 is 17.6 Å². The SMILES string of the molecule is O=C1OC2(c3ccc(O)cc3Oc3cc(O[C@@H]4O[C@H](CO)[C@H](O)[C@H](O)[C@H]4O)ccc32)c2ccc(CCl)cc21. The van der Waals surface area contributed by atoms with Crippen molar-refractivity contribution in [2.45, 2.75) is 42.2 Å². The first kappa shape index (κ1) is 24.9. The Morgan fingerprint density at radius 2 is 1.61 bits per heavy atom. The molecule has 0 radical (unpaired) electrons. The highest BCUT2D eigenvalue weighted by molar-refractivity contribution is 6.17. The third-order valence-corrected chi connectivity index (χ3v) is 7.39. The summed E-state index contributed by atoms with van der Waals surface area (Å²) < 4.78 is 23.4. The third kappa shape index (κ3) is 3.64. The van der Waals surface area contributed by atoms with Crippen molar-refractivity contribution in [3.63, 3.8) is 0 Å². The Morgan fingerprint density at radius 1 is 0.895 bits per heavy atom. The molecule has 0 saturated carbocycles. The second-order valence-corrected chi connectivity index (χ2v) is 9.61. The van der Waals surface area contributed by atoms with E-state index in [1.807, 2.05) is 0 Å². The van der Waals surface area contributed by atoms with Crippen LogP contribution in [0.5, 0.6) is 23.0 Å². The first-order valence-corrected chi connectivity index (χ1v) is 12.4. The van der Waals surface area contributed by atoms with E-state index in [0.29, 0.717) is 22.3 Å². The van der Waals surface area contributed by atoms with Crippen molar-refractivity contribution in [2.75, 3.05) is 6.61 Å². The number of esters is 1. The van der Waals surface area contributed by atoms with Gasteiger partial charge in [-0.2, -0.15) is 0 Å². The summed E-state index contributed by atoms with van der Waals surface area (Å²) in [5, 5.41) is 50.1. The molecule has 5 N–H and O–H groups in total. The molecule has 3 aliphatic heterocycles. The molecular formula is C27H23ClO10. The summed E-state index contributed by atoms with van der Waals surface area (Å²) in [6, 6.07) is 14.5. The minimum Gasteiger partial charge on any atom is -0.508 e. The number of phenols is 1. The van der Waals surface area contributed by atoms with Gasteiger partial charge in [-0.05, 0) is 35.9 Å². The number of rotatable bonds is 4. The van der Waals surface area contributed by atoms with Crippen LogP contribution in [0.1, 0.15) is 32.6 Å². The Hall–Kier alpha value is -3.38. The normalized spacial score (nSPS) is 29.2. The molecule has 0 bridgehead atoms. The summed E-state index contributed by atoms with van der Waals surface area (Å²) >= 11 is 5.99. The number of hydrogen-bond donors (Lipinski definition) is 5. The van der Waals surface area contributed by atoms with Crippen molar-refractivity contribution in [2.24, 2.45) is 0 Å². The number of alkyl halides is 1. The predicted octanol–water partition coefficient (Wildman–Crippen LogP) is 1.88. The van der Waals surface area contributed by atoms with Crippen molar-refractivity contribution in [1.82, 2.24) is 0 Å². The van der Waals surface area contributed by atoms with E-state index in [0.717, 1.165) is 5.56 Å². The maximum absolute atomic E-state index is 13.1. The van der Waals surface area contributed by atoms with E-state index in [4.69, 9.17) is 30.5 Å². The molecule has 0 aromatic heterocycles. The van der Waals surface area contributed by atoms with E-state index >= 15 is 0 Å². The van der Waals surface area contributed by atoms with Crippen LogP contribution >= 0.6 is 11.6 Å². The van der Waals surface area contributed by atoms with Gasteiger partial charge < -0.3 is 44.5 Å². The highest BCUT2D eigenvalue weighted by atomic mass is 35.5. The molecule has 10 nitrogen and oxygen atoms in total. The molecule has 6 rings (SSSR count). The molecule has 3 aliphatic rings. The topological polar surface area (TPSA) is 155 Å². The van der Waals surface area contributed by atoms with E-state index in [1.54, 1.807) is 36.4 Å². The Labute approximate surface area is 221 Å². The lowest BCUT2D eigenvalue weighted by Gasteiger charge is -2.40. The molecule has 1 fully saturated rings. The smallest absolute Gasteiger partial charge is 0.340 e. The third-order valence-electron chi connectivity index (χ3n) is 7.08. The highest BCUT2D eigenvalue weighted by Crippen LogP contribution is 2.57. The standard InChI is InChI=1S/C27H23ClO10/c28-10-12-1-4-16-15(7-12)25(34)38-27(16)17-5-2-13(30)8-19(17)36-20-9-14(3-6-18(20)27)35-26-24(33)23(32)22(31)21(11-29)37-26/h1-9,21-24,26,29-33H,10-11H2/t21-,22+,23+,24-,26-,27?/m1/s1. The number of hydrogen-bond acceptors (Lipinski definition) is 10. The van der Waals surface area contributed by atoms with Crippen LogP contribution < -0.4 is 9.47 Å². The lowest BCUT2D eigenvalue weighted by molar-refractivity contribution is -0.277. The highest BCUT2D eigenvalue weighted by Gasteiger charge is 2.54. The van der Waals surface area contributed by atoms with Gasteiger partial charge in [0.05, 0.1) is 12.2 Å². The maximum Gasteiger partial charge on any atom is 0.340 e. The molecule has 0 amide bonds. The van der Waals surface area contributed by atoms with Crippen LogP contribution in [0.15, 0.2) is 54.6 Å². The van der Waals surface area contributed by atoms with Crippen LogP contribution in [0, 0.1) is 0 Å². The van der Waals surface area contributed by atoms with Gasteiger partial charge in [-0.25, -0.2) is 4.79 Å². The fourth-order valence-electron chi connectivity index (χ4n) is 5.20. The number of aliphatic hydroxyl groups is 4. The summed E-state index contributed by atoms with van der Waals surface area (Å²) in [4.78, 5) is 13.1. The van der Waals surface area contributed by atoms with E-state index in [9.17, 15) is 30.3 Å². The zero-order valence-corrected chi connectivity index (χ0v) is 20.4. The van der Waals surface area contributed by atoms with Gasteiger partial charge in [-0.3, -0.25) is 0 Å². The van der Waals surface area contributed by atoms with Crippen LogP contribution in [0.2, 0.25) is 0 Å². The summed E-state index contributed by atoms with van der Waals surface area (Å²) in [7, 11) is 0. The van der Waals surface area contributed by atoms with Gasteiger partial charge in [0.25, 0.3) is 0 Å². The van der Waals surface area contributed by atoms with Crippen LogP contribution in [0.4, 0.5) is 0 Å². The average molecular weight is 543 g/mol. The van der Waals surface area contributed by atoms with E-state index < -0.39 is 48.9 Å². The van der Waals surface area contributed by atoms with Crippen molar-refractivity contribution in [3.05, 3.63) is 82.4 Å². The molecule has 1 spiro atoms. The fraction of sp³-hybridized carbons (Fsp3) is 0.296. The zero-order chi connectivity index (χ0) is 26.8. The number of aliphatic hydroxyl groups excluding tert-OH is 4. The number of phenolic OH excluding ortho intramolecular Hbond substituents is 1. The molecule has 198 valence electrons. The average Bonchev–Trinajstić information content (AvgIpc) is 3.20.